The molecule has 0 saturated carbocycles. The zero-order valence-electron chi connectivity index (χ0n) is 15.8. The molecule has 2 aliphatic carbocycles. The summed E-state index contributed by atoms with van der Waals surface area (Å²) in [5.41, 5.74) is 6.50. The second-order valence-electron chi connectivity index (χ2n) is 7.69. The fraction of sp³-hybridized carbons (Fsp3) is 0.200. The minimum absolute atomic E-state index is 0.639. The standard InChI is InChI=1S/C25H20F3N/c26-25(27,28)18-8-11-19(12-9-18)29-20-10-5-17-7-13-22-21-4-2-1-3-16(21)6-14-23(22)24(17)15-20/h2,4-5,7-13,15,29H,1,3,6,14H2. The highest BCUT2D eigenvalue weighted by molar-refractivity contribution is 5.95. The van der Waals surface area contributed by atoms with Crippen LogP contribution in [0.4, 0.5) is 24.5 Å². The molecule has 0 bridgehead atoms. The highest BCUT2D eigenvalue weighted by atomic mass is 19.4. The molecule has 0 spiro atoms. The summed E-state index contributed by atoms with van der Waals surface area (Å²) >= 11 is 0. The van der Waals surface area contributed by atoms with Crippen LogP contribution in [0.1, 0.15) is 36.0 Å². The van der Waals surface area contributed by atoms with Crippen LogP contribution >= 0.6 is 0 Å². The van der Waals surface area contributed by atoms with E-state index in [0.717, 1.165) is 43.5 Å². The van der Waals surface area contributed by atoms with Crippen LogP contribution in [0.15, 0.2) is 72.3 Å². The number of fused-ring (bicyclic) bond motifs is 4. The zero-order chi connectivity index (χ0) is 20.0. The molecule has 0 aliphatic heterocycles. The first kappa shape index (κ1) is 18.0. The monoisotopic (exact) mass is 391 g/mol. The smallest absolute Gasteiger partial charge is 0.356 e. The summed E-state index contributed by atoms with van der Waals surface area (Å²) in [5.74, 6) is 0. The Hall–Kier alpha value is -3.01. The summed E-state index contributed by atoms with van der Waals surface area (Å²) in [6, 6.07) is 15.7. The maximum absolute atomic E-state index is 12.8. The molecule has 5 rings (SSSR count). The molecule has 1 nitrogen and oxygen atoms in total. The maximum Gasteiger partial charge on any atom is 0.416 e. The Bertz CT molecular complexity index is 1150. The van der Waals surface area contributed by atoms with Crippen molar-refractivity contribution < 1.29 is 13.2 Å². The lowest BCUT2D eigenvalue weighted by atomic mass is 9.79. The van der Waals surface area contributed by atoms with Gasteiger partial charge in [-0.3, -0.25) is 0 Å². The largest absolute Gasteiger partial charge is 0.416 e. The molecule has 2 aliphatic rings. The number of hydrogen-bond acceptors (Lipinski definition) is 1. The Labute approximate surface area is 167 Å². The Morgan fingerprint density at radius 2 is 1.55 bits per heavy atom. The van der Waals surface area contributed by atoms with Crippen LogP contribution in [-0.2, 0) is 12.6 Å². The average molecular weight is 391 g/mol. The van der Waals surface area contributed by atoms with Crippen molar-refractivity contribution in [3.63, 3.8) is 0 Å². The topological polar surface area (TPSA) is 12.0 Å². The molecule has 3 aromatic carbocycles. The van der Waals surface area contributed by atoms with Crippen molar-refractivity contribution in [2.45, 2.75) is 31.9 Å². The van der Waals surface area contributed by atoms with Gasteiger partial charge in [0, 0.05) is 11.4 Å². The lowest BCUT2D eigenvalue weighted by Gasteiger charge is -2.25. The van der Waals surface area contributed by atoms with Gasteiger partial charge in [0.15, 0.2) is 0 Å². The molecular weight excluding hydrogens is 371 g/mol. The molecule has 4 heteroatoms. The Morgan fingerprint density at radius 1 is 0.793 bits per heavy atom. The molecule has 0 radical (unpaired) electrons. The molecular formula is C25H20F3N. The van der Waals surface area contributed by atoms with Crippen LogP contribution < -0.4 is 5.32 Å². The minimum Gasteiger partial charge on any atom is -0.356 e. The second kappa shape index (κ2) is 6.80. The Balaban J connectivity index is 1.51. The number of aryl methyl sites for hydroxylation is 1. The molecule has 146 valence electrons. The first-order valence-electron chi connectivity index (χ1n) is 9.88. The Morgan fingerprint density at radius 3 is 2.34 bits per heavy atom. The highest BCUT2D eigenvalue weighted by Crippen LogP contribution is 2.40. The van der Waals surface area contributed by atoms with Gasteiger partial charge in [-0.25, -0.2) is 0 Å². The maximum atomic E-state index is 12.8. The van der Waals surface area contributed by atoms with Crippen LogP contribution in [0.2, 0.25) is 0 Å². The predicted octanol–water partition coefficient (Wildman–Crippen LogP) is 7.65. The van der Waals surface area contributed by atoms with E-state index in [0.29, 0.717) is 5.69 Å². The summed E-state index contributed by atoms with van der Waals surface area (Å²) < 4.78 is 38.3. The van der Waals surface area contributed by atoms with Crippen molar-refractivity contribution in [2.24, 2.45) is 0 Å². The van der Waals surface area contributed by atoms with Crippen molar-refractivity contribution >= 4 is 27.7 Å². The molecule has 1 N–H and O–H groups in total. The van der Waals surface area contributed by atoms with Gasteiger partial charge in [-0.05, 0) is 89.6 Å². The van der Waals surface area contributed by atoms with Gasteiger partial charge < -0.3 is 5.32 Å². The van der Waals surface area contributed by atoms with Gasteiger partial charge in [0.2, 0.25) is 0 Å². The number of anilines is 2. The van der Waals surface area contributed by atoms with Crippen molar-refractivity contribution in [3.05, 3.63) is 89.0 Å². The third kappa shape index (κ3) is 3.33. The summed E-state index contributed by atoms with van der Waals surface area (Å²) in [6.45, 7) is 0. The number of rotatable bonds is 2. The van der Waals surface area contributed by atoms with Crippen molar-refractivity contribution in [1.29, 1.82) is 0 Å². The number of nitrogens with one attached hydrogen (secondary N) is 1. The highest BCUT2D eigenvalue weighted by Gasteiger charge is 2.30. The van der Waals surface area contributed by atoms with E-state index in [-0.39, 0.29) is 0 Å². The summed E-state index contributed by atoms with van der Waals surface area (Å²) in [7, 11) is 0. The summed E-state index contributed by atoms with van der Waals surface area (Å²) in [5, 5.41) is 5.64. The fourth-order valence-corrected chi connectivity index (χ4v) is 4.42. The average Bonchev–Trinajstić information content (AvgIpc) is 2.73. The van der Waals surface area contributed by atoms with Crippen molar-refractivity contribution in [1.82, 2.24) is 0 Å². The molecule has 0 heterocycles. The quantitative estimate of drug-likeness (QED) is 0.473. The lowest BCUT2D eigenvalue weighted by Crippen LogP contribution is -2.07. The normalized spacial score (nSPS) is 16.0. The van der Waals surface area contributed by atoms with Crippen molar-refractivity contribution in [3.8, 4) is 0 Å². The number of halogens is 3. The summed E-state index contributed by atoms with van der Waals surface area (Å²) in [4.78, 5) is 0. The van der Waals surface area contributed by atoms with E-state index in [1.165, 1.54) is 39.6 Å². The van der Waals surface area contributed by atoms with Gasteiger partial charge in [0.1, 0.15) is 0 Å². The molecule has 0 aromatic heterocycles. The zero-order valence-corrected chi connectivity index (χ0v) is 15.8. The number of hydrogen-bond donors (Lipinski definition) is 1. The molecule has 29 heavy (non-hydrogen) atoms. The van der Waals surface area contributed by atoms with E-state index in [4.69, 9.17) is 0 Å². The van der Waals surface area contributed by atoms with Gasteiger partial charge in [0.05, 0.1) is 5.56 Å². The molecule has 0 fully saturated rings. The van der Waals surface area contributed by atoms with E-state index in [9.17, 15) is 13.2 Å². The lowest BCUT2D eigenvalue weighted by molar-refractivity contribution is -0.137. The van der Waals surface area contributed by atoms with Gasteiger partial charge >= 0.3 is 6.18 Å². The van der Waals surface area contributed by atoms with Gasteiger partial charge in [-0.2, -0.15) is 13.2 Å². The molecule has 0 atom stereocenters. The van der Waals surface area contributed by atoms with E-state index in [1.807, 2.05) is 6.07 Å². The van der Waals surface area contributed by atoms with Gasteiger partial charge in [-0.1, -0.05) is 35.9 Å². The van der Waals surface area contributed by atoms with Crippen LogP contribution in [0, 0.1) is 0 Å². The third-order valence-electron chi connectivity index (χ3n) is 5.88. The van der Waals surface area contributed by atoms with Crippen LogP contribution in [0.3, 0.4) is 0 Å². The minimum atomic E-state index is -4.32. The van der Waals surface area contributed by atoms with Crippen molar-refractivity contribution in [2.75, 3.05) is 5.32 Å². The molecule has 0 unspecified atom stereocenters. The number of allylic oxidation sites excluding steroid dienone is 4. The van der Waals surface area contributed by atoms with E-state index >= 15 is 0 Å². The molecule has 0 amide bonds. The fourth-order valence-electron chi connectivity index (χ4n) is 4.42. The molecule has 0 saturated heterocycles. The van der Waals surface area contributed by atoms with Crippen LogP contribution in [0.25, 0.3) is 16.3 Å². The Kier molecular flexibility index (Phi) is 4.23. The predicted molar refractivity (Wildman–Crippen MR) is 112 cm³/mol. The second-order valence-corrected chi connectivity index (χ2v) is 7.69. The van der Waals surface area contributed by atoms with E-state index < -0.39 is 11.7 Å². The number of alkyl halides is 3. The van der Waals surface area contributed by atoms with E-state index in [1.54, 1.807) is 5.57 Å². The van der Waals surface area contributed by atoms with E-state index in [2.05, 4.69) is 41.7 Å². The first-order valence-corrected chi connectivity index (χ1v) is 9.88. The first-order chi connectivity index (χ1) is 14.0. The van der Waals surface area contributed by atoms with Gasteiger partial charge in [-0.15, -0.1) is 0 Å². The third-order valence-corrected chi connectivity index (χ3v) is 5.88. The summed E-state index contributed by atoms with van der Waals surface area (Å²) in [6.07, 6.45) is 4.60. The van der Waals surface area contributed by atoms with Crippen LogP contribution in [0.5, 0.6) is 0 Å². The molecule has 3 aromatic rings. The SMILES string of the molecule is FC(F)(F)c1ccc(Nc2ccc3ccc4c(c3c2)CCC2=C4C=CCC2)cc1. The van der Waals surface area contributed by atoms with Gasteiger partial charge in [0.25, 0.3) is 0 Å². The van der Waals surface area contributed by atoms with Crippen LogP contribution in [-0.4, -0.2) is 0 Å². The number of benzene rings is 3.